The molecule has 2 fully saturated rings. The molecule has 0 radical (unpaired) electrons. The molecule has 2 nitrogen and oxygen atoms in total. The van der Waals surface area contributed by atoms with Gasteiger partial charge in [0.25, 0.3) is 0 Å². The Labute approximate surface area is 114 Å². The molecule has 2 aliphatic rings. The topological polar surface area (TPSA) is 21.3 Å². The predicted molar refractivity (Wildman–Crippen MR) is 73.6 cm³/mol. The Morgan fingerprint density at radius 2 is 2.16 bits per heavy atom. The van der Waals surface area contributed by atoms with Gasteiger partial charge in [-0.15, -0.1) is 0 Å². The van der Waals surface area contributed by atoms with Crippen LogP contribution in [-0.2, 0) is 4.74 Å². The molecular weight excluding hydrogens is 241 g/mol. The first-order chi connectivity index (χ1) is 9.24. The van der Waals surface area contributed by atoms with Gasteiger partial charge in [-0.3, -0.25) is 0 Å². The van der Waals surface area contributed by atoms with Crippen molar-refractivity contribution in [1.82, 2.24) is 5.32 Å². The largest absolute Gasteiger partial charge is 0.373 e. The number of nitrogens with one attached hydrogen (secondary N) is 1. The maximum Gasteiger partial charge on any atom is 0.126 e. The van der Waals surface area contributed by atoms with Gasteiger partial charge in [-0.05, 0) is 49.8 Å². The highest BCUT2D eigenvalue weighted by atomic mass is 19.1. The molecule has 19 heavy (non-hydrogen) atoms. The van der Waals surface area contributed by atoms with E-state index in [-0.39, 0.29) is 11.9 Å². The molecule has 1 aliphatic heterocycles. The van der Waals surface area contributed by atoms with Crippen LogP contribution in [0.2, 0.25) is 0 Å². The molecule has 0 spiro atoms. The Hall–Kier alpha value is -0.930. The number of rotatable bonds is 4. The van der Waals surface area contributed by atoms with Gasteiger partial charge in [0.15, 0.2) is 0 Å². The Morgan fingerprint density at radius 3 is 2.89 bits per heavy atom. The second-order valence-corrected chi connectivity index (χ2v) is 5.88. The summed E-state index contributed by atoms with van der Waals surface area (Å²) in [5, 5.41) is 3.60. The molecule has 104 valence electrons. The van der Waals surface area contributed by atoms with Crippen LogP contribution in [0, 0.1) is 18.7 Å². The van der Waals surface area contributed by atoms with Gasteiger partial charge in [-0.2, -0.15) is 0 Å². The summed E-state index contributed by atoms with van der Waals surface area (Å²) in [7, 11) is 0. The lowest BCUT2D eigenvalue weighted by Crippen LogP contribution is -2.33. The lowest BCUT2D eigenvalue weighted by molar-refractivity contribution is -0.0279. The third-order valence-electron chi connectivity index (χ3n) is 4.20. The van der Waals surface area contributed by atoms with Crippen LogP contribution in [0.3, 0.4) is 0 Å². The molecule has 0 bridgehead atoms. The molecule has 3 rings (SSSR count). The van der Waals surface area contributed by atoms with Crippen LogP contribution in [0.25, 0.3) is 0 Å². The van der Waals surface area contributed by atoms with Gasteiger partial charge in [0.1, 0.15) is 5.82 Å². The predicted octanol–water partition coefficient (Wildman–Crippen LogP) is 3.35. The highest BCUT2D eigenvalue weighted by Gasteiger charge is 2.30. The smallest absolute Gasteiger partial charge is 0.126 e. The fraction of sp³-hybridized carbons (Fsp3) is 0.625. The molecule has 1 N–H and O–H groups in total. The molecule has 1 saturated carbocycles. The van der Waals surface area contributed by atoms with E-state index in [0.717, 1.165) is 31.2 Å². The van der Waals surface area contributed by atoms with Crippen LogP contribution >= 0.6 is 0 Å². The normalized spacial score (nSPS) is 27.5. The minimum Gasteiger partial charge on any atom is -0.373 e. The van der Waals surface area contributed by atoms with Gasteiger partial charge >= 0.3 is 0 Å². The van der Waals surface area contributed by atoms with E-state index in [1.165, 1.54) is 19.3 Å². The minimum absolute atomic E-state index is 0.124. The first-order valence-electron chi connectivity index (χ1n) is 7.35. The molecule has 1 heterocycles. The molecule has 3 heteroatoms. The van der Waals surface area contributed by atoms with Gasteiger partial charge in [0, 0.05) is 25.1 Å². The third kappa shape index (κ3) is 3.15. The minimum atomic E-state index is -0.132. The van der Waals surface area contributed by atoms with Gasteiger partial charge < -0.3 is 10.1 Å². The first kappa shape index (κ1) is 13.1. The number of ether oxygens (including phenoxy) is 1. The van der Waals surface area contributed by atoms with Gasteiger partial charge in [-0.1, -0.05) is 12.1 Å². The van der Waals surface area contributed by atoms with Gasteiger partial charge in [0.2, 0.25) is 0 Å². The molecule has 0 aromatic heterocycles. The second kappa shape index (κ2) is 5.59. The summed E-state index contributed by atoms with van der Waals surface area (Å²) in [5.74, 6) is 0.381. The van der Waals surface area contributed by atoms with Crippen molar-refractivity contribution in [2.24, 2.45) is 5.92 Å². The lowest BCUT2D eigenvalue weighted by atomic mass is 9.89. The van der Waals surface area contributed by atoms with E-state index in [0.29, 0.717) is 11.5 Å². The van der Waals surface area contributed by atoms with Gasteiger partial charge in [0.05, 0.1) is 6.10 Å². The fourth-order valence-corrected chi connectivity index (χ4v) is 2.87. The number of benzene rings is 1. The van der Waals surface area contributed by atoms with Crippen molar-refractivity contribution >= 4 is 0 Å². The van der Waals surface area contributed by atoms with Crippen molar-refractivity contribution in [2.45, 2.75) is 44.8 Å². The van der Waals surface area contributed by atoms with Crippen LogP contribution in [0.15, 0.2) is 18.2 Å². The van der Waals surface area contributed by atoms with Crippen LogP contribution in [0.1, 0.15) is 42.9 Å². The van der Waals surface area contributed by atoms with Crippen LogP contribution in [0.4, 0.5) is 4.39 Å². The van der Waals surface area contributed by atoms with Crippen LogP contribution in [-0.4, -0.2) is 19.2 Å². The lowest BCUT2D eigenvalue weighted by Gasteiger charge is -2.32. The van der Waals surface area contributed by atoms with Crippen LogP contribution in [0.5, 0.6) is 0 Å². The first-order valence-corrected chi connectivity index (χ1v) is 7.35. The summed E-state index contributed by atoms with van der Waals surface area (Å²) in [5.41, 5.74) is 1.83. The molecule has 0 amide bonds. The molecular formula is C16H22FNO. The maximum absolute atomic E-state index is 13.4. The van der Waals surface area contributed by atoms with Crippen molar-refractivity contribution in [1.29, 1.82) is 0 Å². The Kier molecular flexibility index (Phi) is 3.85. The summed E-state index contributed by atoms with van der Waals surface area (Å²) in [4.78, 5) is 0. The van der Waals surface area contributed by atoms with E-state index in [1.54, 1.807) is 6.07 Å². The van der Waals surface area contributed by atoms with Crippen molar-refractivity contribution in [3.63, 3.8) is 0 Å². The molecule has 2 atom stereocenters. The van der Waals surface area contributed by atoms with E-state index >= 15 is 0 Å². The molecule has 1 aromatic rings. The number of halogens is 1. The van der Waals surface area contributed by atoms with E-state index in [1.807, 2.05) is 19.1 Å². The number of hydrogen-bond donors (Lipinski definition) is 1. The van der Waals surface area contributed by atoms with Gasteiger partial charge in [-0.25, -0.2) is 4.39 Å². The van der Waals surface area contributed by atoms with E-state index < -0.39 is 0 Å². The Morgan fingerprint density at radius 1 is 1.32 bits per heavy atom. The average molecular weight is 263 g/mol. The van der Waals surface area contributed by atoms with Crippen molar-refractivity contribution in [2.75, 3.05) is 13.2 Å². The molecule has 1 aliphatic carbocycles. The third-order valence-corrected chi connectivity index (χ3v) is 4.20. The quantitative estimate of drug-likeness (QED) is 0.899. The number of hydrogen-bond acceptors (Lipinski definition) is 2. The zero-order valence-corrected chi connectivity index (χ0v) is 11.5. The van der Waals surface area contributed by atoms with Crippen molar-refractivity contribution in [3.8, 4) is 0 Å². The summed E-state index contributed by atoms with van der Waals surface area (Å²) in [6, 6.07) is 6.11. The summed E-state index contributed by atoms with van der Waals surface area (Å²) in [6.07, 6.45) is 5.08. The molecule has 2 unspecified atom stereocenters. The van der Waals surface area contributed by atoms with Crippen molar-refractivity contribution < 1.29 is 9.13 Å². The van der Waals surface area contributed by atoms with E-state index in [2.05, 4.69) is 5.32 Å². The molecule has 1 saturated heterocycles. The molecule has 1 aromatic carbocycles. The number of aryl methyl sites for hydroxylation is 1. The highest BCUT2D eigenvalue weighted by molar-refractivity contribution is 5.26. The van der Waals surface area contributed by atoms with Crippen LogP contribution < -0.4 is 5.32 Å². The second-order valence-electron chi connectivity index (χ2n) is 5.88. The van der Waals surface area contributed by atoms with E-state index in [4.69, 9.17) is 4.74 Å². The highest BCUT2D eigenvalue weighted by Crippen LogP contribution is 2.34. The maximum atomic E-state index is 13.4. The average Bonchev–Trinajstić information content (AvgIpc) is 3.24. The SMILES string of the molecule is Cc1cc(C2OCCCC2CNC2CC2)ccc1F. The fourth-order valence-electron chi connectivity index (χ4n) is 2.87. The Bertz CT molecular complexity index is 444. The zero-order chi connectivity index (χ0) is 13.2. The Balaban J connectivity index is 1.72. The standard InChI is InChI=1S/C16H22FNO/c1-11-9-12(4-7-15(11)17)16-13(3-2-8-19-16)10-18-14-5-6-14/h4,7,9,13-14,16,18H,2-3,5-6,8,10H2,1H3. The van der Waals surface area contributed by atoms with E-state index in [9.17, 15) is 4.39 Å². The summed E-state index contributed by atoms with van der Waals surface area (Å²) in [6.45, 7) is 3.66. The monoisotopic (exact) mass is 263 g/mol. The van der Waals surface area contributed by atoms with Crippen molar-refractivity contribution in [3.05, 3.63) is 35.1 Å². The zero-order valence-electron chi connectivity index (χ0n) is 11.5. The summed E-state index contributed by atoms with van der Waals surface area (Å²) >= 11 is 0. The summed E-state index contributed by atoms with van der Waals surface area (Å²) < 4.78 is 19.3.